The lowest BCUT2D eigenvalue weighted by atomic mass is 10.1. The standard InChI is InChI=1S/C17H22N4OS/c1-12(10-18)16(22)20-17-19-14(11-23-17)15-8-5-9-21(15)13-6-3-2-4-7-13/h2-4,6-7,11-12,15H,5,8-10,18H2,1H3,(H,19,20,22). The second-order valence-electron chi connectivity index (χ2n) is 5.89. The van der Waals surface area contributed by atoms with Crippen LogP contribution in [0.2, 0.25) is 0 Å². The Morgan fingerprint density at radius 2 is 2.26 bits per heavy atom. The molecule has 122 valence electrons. The molecule has 0 aliphatic carbocycles. The molecule has 23 heavy (non-hydrogen) atoms. The fourth-order valence-electron chi connectivity index (χ4n) is 2.83. The molecule has 1 amide bonds. The summed E-state index contributed by atoms with van der Waals surface area (Å²) in [6.45, 7) is 3.20. The van der Waals surface area contributed by atoms with Crippen molar-refractivity contribution in [3.63, 3.8) is 0 Å². The molecule has 3 rings (SSSR count). The molecule has 6 heteroatoms. The molecule has 2 heterocycles. The van der Waals surface area contributed by atoms with Crippen molar-refractivity contribution in [2.24, 2.45) is 11.7 Å². The quantitative estimate of drug-likeness (QED) is 0.884. The molecule has 2 unspecified atom stereocenters. The van der Waals surface area contributed by atoms with E-state index >= 15 is 0 Å². The minimum atomic E-state index is -0.199. The van der Waals surface area contributed by atoms with Gasteiger partial charge in [-0.3, -0.25) is 4.79 Å². The van der Waals surface area contributed by atoms with Gasteiger partial charge in [-0.15, -0.1) is 11.3 Å². The molecule has 0 bridgehead atoms. The Kier molecular flexibility index (Phi) is 4.93. The number of carbonyl (C=O) groups is 1. The number of hydrogen-bond donors (Lipinski definition) is 2. The van der Waals surface area contributed by atoms with Crippen LogP contribution in [0.3, 0.4) is 0 Å². The number of thiazole rings is 1. The molecule has 1 aliphatic heterocycles. The second-order valence-corrected chi connectivity index (χ2v) is 6.75. The predicted octanol–water partition coefficient (Wildman–Crippen LogP) is 3.02. The van der Waals surface area contributed by atoms with Crippen molar-refractivity contribution in [3.05, 3.63) is 41.4 Å². The van der Waals surface area contributed by atoms with Crippen molar-refractivity contribution in [1.29, 1.82) is 0 Å². The Morgan fingerprint density at radius 1 is 1.48 bits per heavy atom. The number of nitrogens with two attached hydrogens (primary N) is 1. The number of rotatable bonds is 5. The van der Waals surface area contributed by atoms with Crippen molar-refractivity contribution in [3.8, 4) is 0 Å². The zero-order chi connectivity index (χ0) is 16.2. The molecule has 3 N–H and O–H groups in total. The van der Waals surface area contributed by atoms with Crippen molar-refractivity contribution in [2.75, 3.05) is 23.3 Å². The van der Waals surface area contributed by atoms with Crippen LogP contribution in [0.15, 0.2) is 35.7 Å². The smallest absolute Gasteiger partial charge is 0.230 e. The van der Waals surface area contributed by atoms with E-state index in [1.54, 1.807) is 0 Å². The summed E-state index contributed by atoms with van der Waals surface area (Å²) >= 11 is 1.48. The highest BCUT2D eigenvalue weighted by molar-refractivity contribution is 7.13. The first-order valence-corrected chi connectivity index (χ1v) is 8.85. The summed E-state index contributed by atoms with van der Waals surface area (Å²) in [5, 5.41) is 5.57. The van der Waals surface area contributed by atoms with Crippen LogP contribution in [0, 0.1) is 5.92 Å². The highest BCUT2D eigenvalue weighted by Crippen LogP contribution is 2.37. The largest absolute Gasteiger partial charge is 0.363 e. The molecule has 2 atom stereocenters. The number of carbonyl (C=O) groups excluding carboxylic acids is 1. The lowest BCUT2D eigenvalue weighted by Crippen LogP contribution is -2.26. The molecule has 0 radical (unpaired) electrons. The number of nitrogens with zero attached hydrogens (tertiary/aromatic N) is 2. The molecule has 2 aromatic rings. The van der Waals surface area contributed by atoms with Gasteiger partial charge >= 0.3 is 0 Å². The maximum atomic E-state index is 11.9. The summed E-state index contributed by atoms with van der Waals surface area (Å²) in [4.78, 5) is 18.9. The molecule has 1 fully saturated rings. The fraction of sp³-hybridized carbons (Fsp3) is 0.412. The van der Waals surface area contributed by atoms with E-state index in [1.165, 1.54) is 17.0 Å². The molecule has 1 aromatic heterocycles. The Bertz CT molecular complexity index is 658. The number of hydrogen-bond acceptors (Lipinski definition) is 5. The SMILES string of the molecule is CC(CN)C(=O)Nc1nc(C2CCCN2c2ccccc2)cs1. The summed E-state index contributed by atoms with van der Waals surface area (Å²) in [5.74, 6) is -0.269. The van der Waals surface area contributed by atoms with Gasteiger partial charge in [0.25, 0.3) is 0 Å². The van der Waals surface area contributed by atoms with E-state index in [1.807, 2.05) is 13.0 Å². The lowest BCUT2D eigenvalue weighted by molar-refractivity contribution is -0.119. The molecule has 5 nitrogen and oxygen atoms in total. The number of nitrogens with one attached hydrogen (secondary N) is 1. The molecule has 1 aromatic carbocycles. The minimum Gasteiger partial charge on any atom is -0.363 e. The first kappa shape index (κ1) is 16.0. The normalized spacial score (nSPS) is 18.9. The molecule has 1 saturated heterocycles. The average molecular weight is 330 g/mol. The van der Waals surface area contributed by atoms with E-state index < -0.39 is 0 Å². The van der Waals surface area contributed by atoms with Crippen LogP contribution in [0.1, 0.15) is 31.5 Å². The maximum absolute atomic E-state index is 11.9. The van der Waals surface area contributed by atoms with Crippen molar-refractivity contribution in [2.45, 2.75) is 25.8 Å². The Balaban J connectivity index is 1.73. The average Bonchev–Trinajstić information content (AvgIpc) is 3.23. The zero-order valence-corrected chi connectivity index (χ0v) is 14.1. The van der Waals surface area contributed by atoms with Gasteiger partial charge in [0.1, 0.15) is 0 Å². The van der Waals surface area contributed by atoms with Crippen LogP contribution in [0.4, 0.5) is 10.8 Å². The minimum absolute atomic E-state index is 0.0697. The molecule has 1 aliphatic rings. The first-order chi connectivity index (χ1) is 11.2. The van der Waals surface area contributed by atoms with Gasteiger partial charge in [-0.05, 0) is 25.0 Å². The van der Waals surface area contributed by atoms with Gasteiger partial charge < -0.3 is 16.0 Å². The number of amides is 1. The van der Waals surface area contributed by atoms with E-state index in [4.69, 9.17) is 5.73 Å². The van der Waals surface area contributed by atoms with Gasteiger partial charge in [-0.25, -0.2) is 4.98 Å². The van der Waals surface area contributed by atoms with E-state index in [-0.39, 0.29) is 17.9 Å². The van der Waals surface area contributed by atoms with Crippen LogP contribution < -0.4 is 16.0 Å². The van der Waals surface area contributed by atoms with Crippen molar-refractivity contribution >= 4 is 28.1 Å². The third kappa shape index (κ3) is 3.54. The second kappa shape index (κ2) is 7.10. The first-order valence-electron chi connectivity index (χ1n) is 7.97. The van der Waals surface area contributed by atoms with Gasteiger partial charge in [0.05, 0.1) is 11.7 Å². The van der Waals surface area contributed by atoms with Crippen LogP contribution in [-0.4, -0.2) is 24.0 Å². The summed E-state index contributed by atoms with van der Waals surface area (Å²) in [5.41, 5.74) is 7.79. The molecular formula is C17H22N4OS. The van der Waals surface area contributed by atoms with E-state index in [0.717, 1.165) is 25.1 Å². The summed E-state index contributed by atoms with van der Waals surface area (Å²) in [7, 11) is 0. The van der Waals surface area contributed by atoms with Crippen LogP contribution >= 0.6 is 11.3 Å². The topological polar surface area (TPSA) is 71.2 Å². The predicted molar refractivity (Wildman–Crippen MR) is 94.7 cm³/mol. The molecule has 0 spiro atoms. The number of benzene rings is 1. The number of anilines is 2. The van der Waals surface area contributed by atoms with Gasteiger partial charge in [-0.2, -0.15) is 0 Å². The fourth-order valence-corrected chi connectivity index (χ4v) is 3.59. The zero-order valence-electron chi connectivity index (χ0n) is 13.2. The van der Waals surface area contributed by atoms with Crippen LogP contribution in [0.25, 0.3) is 0 Å². The van der Waals surface area contributed by atoms with E-state index in [9.17, 15) is 4.79 Å². The lowest BCUT2D eigenvalue weighted by Gasteiger charge is -2.25. The summed E-state index contributed by atoms with van der Waals surface area (Å²) in [6.07, 6.45) is 2.24. The van der Waals surface area contributed by atoms with Crippen LogP contribution in [-0.2, 0) is 4.79 Å². The third-order valence-corrected chi connectivity index (χ3v) is 5.01. The van der Waals surface area contributed by atoms with Gasteiger partial charge in [0, 0.05) is 30.1 Å². The van der Waals surface area contributed by atoms with E-state index in [2.05, 4.69) is 44.8 Å². The Morgan fingerprint density at radius 3 is 3.00 bits per heavy atom. The number of aromatic nitrogens is 1. The van der Waals surface area contributed by atoms with Gasteiger partial charge in [-0.1, -0.05) is 25.1 Å². The Labute approximate surface area is 140 Å². The summed E-state index contributed by atoms with van der Waals surface area (Å²) in [6, 6.07) is 10.7. The van der Waals surface area contributed by atoms with Crippen molar-refractivity contribution in [1.82, 2.24) is 4.98 Å². The third-order valence-electron chi connectivity index (χ3n) is 4.24. The highest BCUT2D eigenvalue weighted by atomic mass is 32.1. The number of para-hydroxylation sites is 1. The Hall–Kier alpha value is -1.92. The summed E-state index contributed by atoms with van der Waals surface area (Å²) < 4.78 is 0. The molecular weight excluding hydrogens is 308 g/mol. The van der Waals surface area contributed by atoms with Crippen LogP contribution in [0.5, 0.6) is 0 Å². The van der Waals surface area contributed by atoms with Gasteiger partial charge in [0.2, 0.25) is 5.91 Å². The van der Waals surface area contributed by atoms with Gasteiger partial charge in [0.15, 0.2) is 5.13 Å². The molecule has 0 saturated carbocycles. The van der Waals surface area contributed by atoms with Crippen molar-refractivity contribution < 1.29 is 4.79 Å². The maximum Gasteiger partial charge on any atom is 0.230 e. The highest BCUT2D eigenvalue weighted by Gasteiger charge is 2.28. The van der Waals surface area contributed by atoms with E-state index in [0.29, 0.717) is 11.7 Å². The monoisotopic (exact) mass is 330 g/mol.